The molecule has 100 valence electrons. The van der Waals surface area contributed by atoms with Gasteiger partial charge in [-0.1, -0.05) is 43.4 Å². The molecule has 1 saturated carbocycles. The number of ketones is 1. The normalized spacial score (nSPS) is 20.4. The SMILES string of the molecule is CC(C)CNc1nnc(S[C@H]2CCCCC2=O)s1. The van der Waals surface area contributed by atoms with Gasteiger partial charge in [0, 0.05) is 13.0 Å². The number of Topliss-reactive ketones (excluding diaryl/α,β-unsaturated/α-hetero) is 1. The Kier molecular flexibility index (Phi) is 5.00. The largest absolute Gasteiger partial charge is 0.360 e. The third-order valence-corrected chi connectivity index (χ3v) is 5.09. The molecule has 18 heavy (non-hydrogen) atoms. The zero-order valence-corrected chi connectivity index (χ0v) is 12.4. The zero-order chi connectivity index (χ0) is 13.0. The Hall–Kier alpha value is -0.620. The summed E-state index contributed by atoms with van der Waals surface area (Å²) in [4.78, 5) is 11.7. The van der Waals surface area contributed by atoms with E-state index in [-0.39, 0.29) is 5.25 Å². The second-order valence-electron chi connectivity index (χ2n) is 4.97. The van der Waals surface area contributed by atoms with Crippen molar-refractivity contribution in [3.63, 3.8) is 0 Å². The number of carbonyl (C=O) groups excluding carboxylic acids is 1. The quantitative estimate of drug-likeness (QED) is 0.900. The van der Waals surface area contributed by atoms with Gasteiger partial charge in [-0.15, -0.1) is 10.2 Å². The number of aromatic nitrogens is 2. The lowest BCUT2D eigenvalue weighted by Crippen LogP contribution is -2.21. The van der Waals surface area contributed by atoms with E-state index < -0.39 is 0 Å². The Morgan fingerprint density at radius 3 is 3.00 bits per heavy atom. The van der Waals surface area contributed by atoms with Gasteiger partial charge in [0.15, 0.2) is 4.34 Å². The summed E-state index contributed by atoms with van der Waals surface area (Å²) in [6.07, 6.45) is 3.92. The van der Waals surface area contributed by atoms with E-state index in [2.05, 4.69) is 29.4 Å². The number of rotatable bonds is 5. The minimum atomic E-state index is 0.102. The molecule has 1 aliphatic carbocycles. The highest BCUT2D eigenvalue weighted by atomic mass is 32.2. The summed E-state index contributed by atoms with van der Waals surface area (Å²) in [7, 11) is 0. The van der Waals surface area contributed by atoms with Crippen LogP contribution in [0.15, 0.2) is 4.34 Å². The third kappa shape index (κ3) is 3.95. The first-order valence-corrected chi connectivity index (χ1v) is 8.11. The van der Waals surface area contributed by atoms with Crippen molar-refractivity contribution in [1.82, 2.24) is 10.2 Å². The molecule has 0 radical (unpaired) electrons. The first-order chi connectivity index (χ1) is 8.65. The van der Waals surface area contributed by atoms with Gasteiger partial charge in [-0.05, 0) is 18.8 Å². The number of nitrogens with zero attached hydrogens (tertiary/aromatic N) is 2. The summed E-state index contributed by atoms with van der Waals surface area (Å²) in [5.74, 6) is 0.961. The van der Waals surface area contributed by atoms with Gasteiger partial charge in [0.25, 0.3) is 0 Å². The van der Waals surface area contributed by atoms with Crippen LogP contribution in [0, 0.1) is 5.92 Å². The molecule has 0 amide bonds. The minimum absolute atomic E-state index is 0.102. The van der Waals surface area contributed by atoms with E-state index in [4.69, 9.17) is 0 Å². The van der Waals surface area contributed by atoms with E-state index in [1.165, 1.54) is 0 Å². The lowest BCUT2D eigenvalue weighted by atomic mass is 9.99. The highest BCUT2D eigenvalue weighted by Crippen LogP contribution is 2.34. The first kappa shape index (κ1) is 13.8. The van der Waals surface area contributed by atoms with Gasteiger partial charge in [0.2, 0.25) is 5.13 Å². The maximum atomic E-state index is 11.7. The van der Waals surface area contributed by atoms with Gasteiger partial charge in [0.1, 0.15) is 5.78 Å². The molecule has 1 fully saturated rings. The van der Waals surface area contributed by atoms with Crippen molar-refractivity contribution in [2.75, 3.05) is 11.9 Å². The average Bonchev–Trinajstić information content (AvgIpc) is 2.77. The molecular formula is C12H19N3OS2. The van der Waals surface area contributed by atoms with Gasteiger partial charge >= 0.3 is 0 Å². The summed E-state index contributed by atoms with van der Waals surface area (Å²) in [5.41, 5.74) is 0. The van der Waals surface area contributed by atoms with Crippen LogP contribution in [0.4, 0.5) is 5.13 Å². The summed E-state index contributed by atoms with van der Waals surface area (Å²) in [5, 5.41) is 12.5. The number of carbonyl (C=O) groups is 1. The van der Waals surface area contributed by atoms with Crippen LogP contribution in [0.25, 0.3) is 0 Å². The Bertz CT molecular complexity index is 406. The van der Waals surface area contributed by atoms with Crippen molar-refractivity contribution in [1.29, 1.82) is 0 Å². The highest BCUT2D eigenvalue weighted by molar-refractivity contribution is 8.02. The molecule has 1 N–H and O–H groups in total. The fourth-order valence-corrected chi connectivity index (χ4v) is 3.94. The predicted octanol–water partition coefficient (Wildman–Crippen LogP) is 3.21. The van der Waals surface area contributed by atoms with Gasteiger partial charge in [-0.25, -0.2) is 0 Å². The van der Waals surface area contributed by atoms with Crippen LogP contribution in [0.1, 0.15) is 39.5 Å². The lowest BCUT2D eigenvalue weighted by Gasteiger charge is -2.17. The Morgan fingerprint density at radius 2 is 2.28 bits per heavy atom. The molecule has 0 spiro atoms. The number of thioether (sulfide) groups is 1. The van der Waals surface area contributed by atoms with Crippen molar-refractivity contribution >= 4 is 34.0 Å². The van der Waals surface area contributed by atoms with Gasteiger partial charge in [-0.2, -0.15) is 0 Å². The van der Waals surface area contributed by atoms with E-state index >= 15 is 0 Å². The summed E-state index contributed by atoms with van der Waals surface area (Å²) in [6.45, 7) is 5.22. The Balaban J connectivity index is 1.87. The highest BCUT2D eigenvalue weighted by Gasteiger charge is 2.24. The first-order valence-electron chi connectivity index (χ1n) is 6.42. The monoisotopic (exact) mass is 285 g/mol. The molecular weight excluding hydrogens is 266 g/mol. The standard InChI is InChI=1S/C12H19N3OS2/c1-8(2)7-13-11-14-15-12(18-11)17-10-6-4-3-5-9(10)16/h8,10H,3-7H2,1-2H3,(H,13,14)/t10-/m0/s1. The fourth-order valence-electron chi connectivity index (χ4n) is 1.82. The zero-order valence-electron chi connectivity index (χ0n) is 10.8. The Labute approximate surface area is 116 Å². The number of hydrogen-bond donors (Lipinski definition) is 1. The van der Waals surface area contributed by atoms with Crippen molar-refractivity contribution in [3.8, 4) is 0 Å². The van der Waals surface area contributed by atoms with Crippen LogP contribution >= 0.6 is 23.1 Å². The third-order valence-electron chi connectivity index (χ3n) is 2.81. The van der Waals surface area contributed by atoms with Crippen LogP contribution in [0.3, 0.4) is 0 Å². The van der Waals surface area contributed by atoms with Gasteiger partial charge in [-0.3, -0.25) is 4.79 Å². The Morgan fingerprint density at radius 1 is 1.44 bits per heavy atom. The molecule has 4 nitrogen and oxygen atoms in total. The van der Waals surface area contributed by atoms with Crippen molar-refractivity contribution in [2.45, 2.75) is 49.1 Å². The number of nitrogens with one attached hydrogen (secondary N) is 1. The van der Waals surface area contributed by atoms with E-state index in [1.54, 1.807) is 23.1 Å². The molecule has 1 aromatic heterocycles. The maximum absolute atomic E-state index is 11.7. The van der Waals surface area contributed by atoms with E-state index in [1.807, 2.05) is 0 Å². The topological polar surface area (TPSA) is 54.9 Å². The van der Waals surface area contributed by atoms with Gasteiger partial charge < -0.3 is 5.32 Å². The smallest absolute Gasteiger partial charge is 0.206 e. The van der Waals surface area contributed by atoms with E-state index in [9.17, 15) is 4.79 Å². The van der Waals surface area contributed by atoms with Crippen LogP contribution in [0.5, 0.6) is 0 Å². The molecule has 0 aliphatic heterocycles. The van der Waals surface area contributed by atoms with Crippen molar-refractivity contribution in [2.24, 2.45) is 5.92 Å². The molecule has 0 unspecified atom stereocenters. The van der Waals surface area contributed by atoms with Crippen molar-refractivity contribution < 1.29 is 4.79 Å². The molecule has 0 bridgehead atoms. The van der Waals surface area contributed by atoms with E-state index in [0.29, 0.717) is 11.7 Å². The second-order valence-corrected chi connectivity index (χ2v) is 7.39. The second kappa shape index (κ2) is 6.52. The molecule has 0 aromatic carbocycles. The molecule has 6 heteroatoms. The maximum Gasteiger partial charge on any atom is 0.206 e. The molecule has 1 aromatic rings. The summed E-state index contributed by atoms with van der Waals surface area (Å²) in [6, 6.07) is 0. The van der Waals surface area contributed by atoms with E-state index in [0.717, 1.165) is 41.7 Å². The summed E-state index contributed by atoms with van der Waals surface area (Å²) < 4.78 is 0.904. The van der Waals surface area contributed by atoms with Crippen LogP contribution in [0.2, 0.25) is 0 Å². The predicted molar refractivity (Wildman–Crippen MR) is 76.4 cm³/mol. The number of hydrogen-bond acceptors (Lipinski definition) is 6. The molecule has 1 heterocycles. The fraction of sp³-hybridized carbons (Fsp3) is 0.750. The molecule has 2 rings (SSSR count). The summed E-state index contributed by atoms with van der Waals surface area (Å²) >= 11 is 3.13. The molecule has 0 saturated heterocycles. The number of anilines is 1. The minimum Gasteiger partial charge on any atom is -0.360 e. The van der Waals surface area contributed by atoms with Crippen molar-refractivity contribution in [3.05, 3.63) is 0 Å². The van der Waals surface area contributed by atoms with Gasteiger partial charge in [0.05, 0.1) is 5.25 Å². The van der Waals surface area contributed by atoms with Crippen LogP contribution in [-0.4, -0.2) is 27.8 Å². The lowest BCUT2D eigenvalue weighted by molar-refractivity contribution is -0.119. The van der Waals surface area contributed by atoms with Crippen LogP contribution < -0.4 is 5.32 Å². The molecule has 1 atom stereocenters. The molecule has 1 aliphatic rings. The average molecular weight is 285 g/mol. The van der Waals surface area contributed by atoms with Crippen LogP contribution in [-0.2, 0) is 4.79 Å².